The van der Waals surface area contributed by atoms with Gasteiger partial charge in [0.05, 0.1) is 0 Å². The van der Waals surface area contributed by atoms with Crippen LogP contribution in [0.5, 0.6) is 0 Å². The summed E-state index contributed by atoms with van der Waals surface area (Å²) < 4.78 is 0. The lowest BCUT2D eigenvalue weighted by molar-refractivity contribution is 0.302. The largest absolute Gasteiger partial charge is 0.321 e. The van der Waals surface area contributed by atoms with Crippen molar-refractivity contribution in [3.05, 3.63) is 47.5 Å². The highest BCUT2D eigenvalue weighted by molar-refractivity contribution is 5.86. The third kappa shape index (κ3) is 1.93. The van der Waals surface area contributed by atoms with E-state index in [9.17, 15) is 0 Å². The smallest absolute Gasteiger partial charge is 0.0409 e. The molecule has 2 N–H and O–H groups in total. The first-order chi connectivity index (χ1) is 8.69. The SMILES string of the molecule is Cc1cccc2cc(C3(N)CCCCC3)ccc12. The third-order valence-corrected chi connectivity index (χ3v) is 4.42. The van der Waals surface area contributed by atoms with Gasteiger partial charge in [0, 0.05) is 5.54 Å². The van der Waals surface area contributed by atoms with Gasteiger partial charge >= 0.3 is 0 Å². The van der Waals surface area contributed by atoms with Gasteiger partial charge in [-0.1, -0.05) is 49.6 Å². The lowest BCUT2D eigenvalue weighted by Gasteiger charge is -2.34. The van der Waals surface area contributed by atoms with E-state index in [1.165, 1.54) is 41.2 Å². The molecule has 0 saturated heterocycles. The number of nitrogens with two attached hydrogens (primary N) is 1. The second kappa shape index (κ2) is 4.40. The van der Waals surface area contributed by atoms with Crippen LogP contribution in [0.3, 0.4) is 0 Å². The summed E-state index contributed by atoms with van der Waals surface area (Å²) in [4.78, 5) is 0. The summed E-state index contributed by atoms with van der Waals surface area (Å²) in [7, 11) is 0. The standard InChI is InChI=1S/C17H21N/c1-13-6-5-7-14-12-15(8-9-16(13)14)17(18)10-3-2-4-11-17/h5-9,12H,2-4,10-11,18H2,1H3. The molecule has 0 radical (unpaired) electrons. The highest BCUT2D eigenvalue weighted by atomic mass is 14.7. The van der Waals surface area contributed by atoms with Crippen LogP contribution < -0.4 is 5.73 Å². The van der Waals surface area contributed by atoms with Crippen molar-refractivity contribution in [3.8, 4) is 0 Å². The van der Waals surface area contributed by atoms with Gasteiger partial charge in [-0.3, -0.25) is 0 Å². The monoisotopic (exact) mass is 239 g/mol. The first kappa shape index (κ1) is 11.7. The number of benzene rings is 2. The van der Waals surface area contributed by atoms with E-state index in [1.807, 2.05) is 0 Å². The maximum Gasteiger partial charge on any atom is 0.0409 e. The van der Waals surface area contributed by atoms with Crippen molar-refractivity contribution in [2.24, 2.45) is 5.73 Å². The van der Waals surface area contributed by atoms with Crippen LogP contribution in [-0.2, 0) is 5.54 Å². The normalized spacial score (nSPS) is 19.0. The van der Waals surface area contributed by atoms with E-state index in [0.29, 0.717) is 0 Å². The molecule has 1 saturated carbocycles. The molecule has 18 heavy (non-hydrogen) atoms. The molecule has 0 unspecified atom stereocenters. The Morgan fingerprint density at radius 2 is 1.78 bits per heavy atom. The topological polar surface area (TPSA) is 26.0 Å². The second-order valence-corrected chi connectivity index (χ2v) is 5.73. The molecule has 1 heteroatoms. The fourth-order valence-electron chi connectivity index (χ4n) is 3.23. The number of fused-ring (bicyclic) bond motifs is 1. The van der Waals surface area contributed by atoms with Crippen LogP contribution in [0.1, 0.15) is 43.2 Å². The summed E-state index contributed by atoms with van der Waals surface area (Å²) in [6, 6.07) is 13.3. The molecule has 1 fully saturated rings. The molecule has 0 amide bonds. The van der Waals surface area contributed by atoms with Crippen molar-refractivity contribution in [1.29, 1.82) is 0 Å². The summed E-state index contributed by atoms with van der Waals surface area (Å²) in [5.74, 6) is 0. The van der Waals surface area contributed by atoms with Gasteiger partial charge in [0.1, 0.15) is 0 Å². The summed E-state index contributed by atoms with van der Waals surface area (Å²) in [6.07, 6.45) is 6.13. The van der Waals surface area contributed by atoms with Gasteiger partial charge in [-0.2, -0.15) is 0 Å². The summed E-state index contributed by atoms with van der Waals surface area (Å²) in [6.45, 7) is 2.17. The van der Waals surface area contributed by atoms with Crippen LogP contribution in [0.15, 0.2) is 36.4 Å². The average molecular weight is 239 g/mol. The molecule has 0 spiro atoms. The Morgan fingerprint density at radius 1 is 1.00 bits per heavy atom. The molecule has 2 aromatic carbocycles. The van der Waals surface area contributed by atoms with Gasteiger partial charge in [-0.15, -0.1) is 0 Å². The summed E-state index contributed by atoms with van der Waals surface area (Å²) in [5, 5.41) is 2.67. The molecule has 0 aromatic heterocycles. The van der Waals surface area contributed by atoms with E-state index in [4.69, 9.17) is 5.73 Å². The van der Waals surface area contributed by atoms with Crippen LogP contribution in [-0.4, -0.2) is 0 Å². The van der Waals surface area contributed by atoms with Crippen LogP contribution in [0.25, 0.3) is 10.8 Å². The second-order valence-electron chi connectivity index (χ2n) is 5.73. The molecule has 1 aliphatic rings. The number of hydrogen-bond acceptors (Lipinski definition) is 1. The van der Waals surface area contributed by atoms with E-state index >= 15 is 0 Å². The lowest BCUT2D eigenvalue weighted by Crippen LogP contribution is -2.38. The number of rotatable bonds is 1. The molecular weight excluding hydrogens is 218 g/mol. The highest BCUT2D eigenvalue weighted by Gasteiger charge is 2.29. The zero-order valence-corrected chi connectivity index (χ0v) is 11.1. The lowest BCUT2D eigenvalue weighted by atomic mass is 9.77. The summed E-state index contributed by atoms with van der Waals surface area (Å²) in [5.41, 5.74) is 9.18. The maximum atomic E-state index is 6.61. The van der Waals surface area contributed by atoms with E-state index < -0.39 is 0 Å². The molecule has 94 valence electrons. The Bertz CT molecular complexity index is 565. The number of hydrogen-bond donors (Lipinski definition) is 1. The fourth-order valence-corrected chi connectivity index (χ4v) is 3.23. The molecule has 0 atom stereocenters. The molecule has 0 heterocycles. The third-order valence-electron chi connectivity index (χ3n) is 4.42. The van der Waals surface area contributed by atoms with Crippen molar-refractivity contribution in [2.75, 3.05) is 0 Å². The molecule has 0 bridgehead atoms. The number of aryl methyl sites for hydroxylation is 1. The Hall–Kier alpha value is -1.34. The average Bonchev–Trinajstić information content (AvgIpc) is 2.39. The van der Waals surface area contributed by atoms with Crippen LogP contribution in [0.4, 0.5) is 0 Å². The van der Waals surface area contributed by atoms with E-state index in [-0.39, 0.29) is 5.54 Å². The fraction of sp³-hybridized carbons (Fsp3) is 0.412. The Balaban J connectivity index is 2.08. The predicted octanol–water partition coefficient (Wildman–Crippen LogP) is 4.27. The van der Waals surface area contributed by atoms with Gasteiger partial charge < -0.3 is 5.73 Å². The quantitative estimate of drug-likeness (QED) is 0.790. The van der Waals surface area contributed by atoms with Crippen LogP contribution in [0, 0.1) is 6.92 Å². The van der Waals surface area contributed by atoms with Gasteiger partial charge in [-0.25, -0.2) is 0 Å². The Kier molecular flexibility index (Phi) is 2.87. The Labute approximate surface area is 109 Å². The Morgan fingerprint density at radius 3 is 2.56 bits per heavy atom. The van der Waals surface area contributed by atoms with Crippen LogP contribution in [0.2, 0.25) is 0 Å². The first-order valence-electron chi connectivity index (χ1n) is 6.98. The molecule has 1 aliphatic carbocycles. The van der Waals surface area contributed by atoms with E-state index in [1.54, 1.807) is 0 Å². The van der Waals surface area contributed by atoms with Crippen molar-refractivity contribution in [2.45, 2.75) is 44.6 Å². The van der Waals surface area contributed by atoms with Crippen molar-refractivity contribution in [3.63, 3.8) is 0 Å². The minimum absolute atomic E-state index is 0.0871. The minimum atomic E-state index is -0.0871. The predicted molar refractivity (Wildman–Crippen MR) is 77.6 cm³/mol. The molecule has 3 rings (SSSR count). The van der Waals surface area contributed by atoms with E-state index in [2.05, 4.69) is 43.3 Å². The molecule has 0 aliphatic heterocycles. The first-order valence-corrected chi connectivity index (χ1v) is 6.98. The van der Waals surface area contributed by atoms with Gasteiger partial charge in [0.25, 0.3) is 0 Å². The zero-order chi connectivity index (χ0) is 12.6. The van der Waals surface area contributed by atoms with E-state index in [0.717, 1.165) is 12.8 Å². The molecular formula is C17H21N. The highest BCUT2D eigenvalue weighted by Crippen LogP contribution is 2.36. The zero-order valence-electron chi connectivity index (χ0n) is 11.1. The van der Waals surface area contributed by atoms with Gasteiger partial charge in [-0.05, 0) is 47.7 Å². The minimum Gasteiger partial charge on any atom is -0.321 e. The molecule has 2 aromatic rings. The van der Waals surface area contributed by atoms with Gasteiger partial charge in [0.15, 0.2) is 0 Å². The summed E-state index contributed by atoms with van der Waals surface area (Å²) >= 11 is 0. The van der Waals surface area contributed by atoms with Crippen molar-refractivity contribution < 1.29 is 0 Å². The van der Waals surface area contributed by atoms with Crippen LogP contribution >= 0.6 is 0 Å². The van der Waals surface area contributed by atoms with Crippen molar-refractivity contribution >= 4 is 10.8 Å². The van der Waals surface area contributed by atoms with Gasteiger partial charge in [0.2, 0.25) is 0 Å². The maximum absolute atomic E-state index is 6.61. The molecule has 1 nitrogen and oxygen atoms in total. The van der Waals surface area contributed by atoms with Crippen molar-refractivity contribution in [1.82, 2.24) is 0 Å².